The number of ether oxygens (including phenoxy) is 2. The van der Waals surface area contributed by atoms with Gasteiger partial charge in [0.15, 0.2) is 0 Å². The first-order valence-electron chi connectivity index (χ1n) is 6.03. The summed E-state index contributed by atoms with van der Waals surface area (Å²) < 4.78 is 9.83. The number of methoxy groups -OCH3 is 1. The summed E-state index contributed by atoms with van der Waals surface area (Å²) in [6.07, 6.45) is 6.48. The zero-order chi connectivity index (χ0) is 12.2. The molecule has 0 atom stereocenters. The molecular weight excluding hydrogens is 206 g/mol. The Kier molecular flexibility index (Phi) is 10.5. The second-order valence-electron chi connectivity index (χ2n) is 4.00. The number of carbonyl (C=O) groups is 1. The molecular formula is C12H25NO3. The van der Waals surface area contributed by atoms with Gasteiger partial charge in [0.2, 0.25) is 5.91 Å². The lowest BCUT2D eigenvalue weighted by molar-refractivity contribution is -0.139. The van der Waals surface area contributed by atoms with Gasteiger partial charge in [-0.1, -0.05) is 32.6 Å². The Bertz CT molecular complexity index is 174. The summed E-state index contributed by atoms with van der Waals surface area (Å²) in [7, 11) is 3.32. The molecule has 1 amide bonds. The van der Waals surface area contributed by atoms with Crippen molar-refractivity contribution >= 4 is 5.91 Å². The van der Waals surface area contributed by atoms with E-state index in [1.54, 1.807) is 19.1 Å². The lowest BCUT2D eigenvalue weighted by Gasteiger charge is -2.16. The Hall–Kier alpha value is -0.610. The molecule has 0 radical (unpaired) electrons. The van der Waals surface area contributed by atoms with Crippen LogP contribution in [-0.2, 0) is 14.3 Å². The van der Waals surface area contributed by atoms with E-state index in [-0.39, 0.29) is 12.7 Å². The second-order valence-corrected chi connectivity index (χ2v) is 4.00. The van der Waals surface area contributed by atoms with Gasteiger partial charge in [0.25, 0.3) is 0 Å². The van der Waals surface area contributed by atoms with Gasteiger partial charge in [0.05, 0.1) is 0 Å². The van der Waals surface area contributed by atoms with Crippen molar-refractivity contribution in [2.45, 2.75) is 45.4 Å². The highest BCUT2D eigenvalue weighted by molar-refractivity contribution is 5.75. The monoisotopic (exact) mass is 231 g/mol. The molecule has 0 aliphatic heterocycles. The summed E-state index contributed by atoms with van der Waals surface area (Å²) in [5.41, 5.74) is 0. The van der Waals surface area contributed by atoms with Gasteiger partial charge in [-0.2, -0.15) is 0 Å². The molecule has 0 aromatic heterocycles. The maximum absolute atomic E-state index is 11.6. The summed E-state index contributed by atoms with van der Waals surface area (Å²) >= 11 is 0. The van der Waals surface area contributed by atoms with Crippen LogP contribution >= 0.6 is 0 Å². The fraction of sp³-hybridized carbons (Fsp3) is 0.917. The summed E-state index contributed by atoms with van der Waals surface area (Å²) in [5.74, 6) is 0.146. The molecule has 4 nitrogen and oxygen atoms in total. The maximum atomic E-state index is 11.6. The van der Waals surface area contributed by atoms with Crippen LogP contribution in [0.4, 0.5) is 0 Å². The molecule has 0 aromatic carbocycles. The van der Waals surface area contributed by atoms with Crippen molar-refractivity contribution in [3.63, 3.8) is 0 Å². The van der Waals surface area contributed by atoms with E-state index in [1.165, 1.54) is 19.3 Å². The smallest absolute Gasteiger partial charge is 0.224 e. The summed E-state index contributed by atoms with van der Waals surface area (Å²) in [6.45, 7) is 2.72. The van der Waals surface area contributed by atoms with Crippen LogP contribution in [0, 0.1) is 0 Å². The zero-order valence-corrected chi connectivity index (χ0v) is 10.8. The van der Waals surface area contributed by atoms with Crippen molar-refractivity contribution in [2.24, 2.45) is 0 Å². The third kappa shape index (κ3) is 8.68. The molecule has 96 valence electrons. The van der Waals surface area contributed by atoms with Gasteiger partial charge in [-0.15, -0.1) is 0 Å². The molecule has 0 aliphatic rings. The van der Waals surface area contributed by atoms with E-state index < -0.39 is 0 Å². The first kappa shape index (κ1) is 15.4. The molecule has 16 heavy (non-hydrogen) atoms. The average Bonchev–Trinajstić information content (AvgIpc) is 2.28. The van der Waals surface area contributed by atoms with Crippen LogP contribution in [0.1, 0.15) is 45.4 Å². The number of hydrogen-bond donors (Lipinski definition) is 0. The predicted molar refractivity (Wildman–Crippen MR) is 64.0 cm³/mol. The minimum Gasteiger partial charge on any atom is -0.359 e. The van der Waals surface area contributed by atoms with Gasteiger partial charge in [0.1, 0.15) is 13.5 Å². The first-order valence-corrected chi connectivity index (χ1v) is 6.03. The summed E-state index contributed by atoms with van der Waals surface area (Å²) in [6, 6.07) is 0. The third-order valence-electron chi connectivity index (χ3n) is 2.41. The van der Waals surface area contributed by atoms with Crippen molar-refractivity contribution in [2.75, 3.05) is 27.7 Å². The number of hydrogen-bond acceptors (Lipinski definition) is 3. The van der Waals surface area contributed by atoms with Gasteiger partial charge in [-0.3, -0.25) is 4.79 Å². The SMILES string of the molecule is CCCCCCCC(=O)N(C)COCOC. The van der Waals surface area contributed by atoms with E-state index >= 15 is 0 Å². The molecule has 0 rings (SSSR count). The van der Waals surface area contributed by atoms with Crippen molar-refractivity contribution in [3.8, 4) is 0 Å². The number of nitrogens with zero attached hydrogens (tertiary/aromatic N) is 1. The van der Waals surface area contributed by atoms with Crippen LogP contribution in [0.3, 0.4) is 0 Å². The molecule has 0 fully saturated rings. The molecule has 4 heteroatoms. The summed E-state index contributed by atoms with van der Waals surface area (Å²) in [4.78, 5) is 13.2. The number of amides is 1. The third-order valence-corrected chi connectivity index (χ3v) is 2.41. The van der Waals surface area contributed by atoms with E-state index in [4.69, 9.17) is 9.47 Å². The standard InChI is InChI=1S/C12H25NO3/c1-4-5-6-7-8-9-12(14)13(2)10-16-11-15-3/h4-11H2,1-3H3. The van der Waals surface area contributed by atoms with E-state index in [0.29, 0.717) is 13.2 Å². The fourth-order valence-corrected chi connectivity index (χ4v) is 1.40. The summed E-state index contributed by atoms with van der Waals surface area (Å²) in [5, 5.41) is 0. The van der Waals surface area contributed by atoms with Crippen LogP contribution < -0.4 is 0 Å². The van der Waals surface area contributed by atoms with E-state index in [2.05, 4.69) is 6.92 Å². The molecule has 0 heterocycles. The van der Waals surface area contributed by atoms with E-state index in [1.807, 2.05) is 0 Å². The average molecular weight is 231 g/mol. The Morgan fingerprint density at radius 1 is 1.19 bits per heavy atom. The lowest BCUT2D eigenvalue weighted by Crippen LogP contribution is -2.29. The van der Waals surface area contributed by atoms with Crippen molar-refractivity contribution in [1.82, 2.24) is 4.90 Å². The fourth-order valence-electron chi connectivity index (χ4n) is 1.40. The predicted octanol–water partition coefficient (Wildman–Crippen LogP) is 2.38. The first-order chi connectivity index (χ1) is 7.72. The van der Waals surface area contributed by atoms with Gasteiger partial charge in [0, 0.05) is 20.6 Å². The molecule has 0 bridgehead atoms. The Balaban J connectivity index is 3.40. The Morgan fingerprint density at radius 2 is 1.88 bits per heavy atom. The molecule has 0 saturated carbocycles. The van der Waals surface area contributed by atoms with Gasteiger partial charge >= 0.3 is 0 Å². The number of carbonyl (C=O) groups excluding carboxylic acids is 1. The van der Waals surface area contributed by atoms with Crippen molar-refractivity contribution in [1.29, 1.82) is 0 Å². The Labute approximate surface area is 98.9 Å². The normalized spacial score (nSPS) is 10.4. The van der Waals surface area contributed by atoms with Crippen LogP contribution in [-0.4, -0.2) is 38.5 Å². The topological polar surface area (TPSA) is 38.8 Å². The minimum absolute atomic E-state index is 0.146. The highest BCUT2D eigenvalue weighted by Gasteiger charge is 2.07. The van der Waals surface area contributed by atoms with E-state index in [0.717, 1.165) is 12.8 Å². The van der Waals surface area contributed by atoms with Gasteiger partial charge in [-0.25, -0.2) is 0 Å². The minimum atomic E-state index is 0.146. The van der Waals surface area contributed by atoms with Crippen LogP contribution in [0.25, 0.3) is 0 Å². The molecule has 0 aromatic rings. The quantitative estimate of drug-likeness (QED) is 0.428. The molecule has 0 saturated heterocycles. The van der Waals surface area contributed by atoms with Crippen molar-refractivity contribution in [3.05, 3.63) is 0 Å². The number of rotatable bonds is 10. The maximum Gasteiger partial charge on any atom is 0.224 e. The zero-order valence-electron chi connectivity index (χ0n) is 10.8. The van der Waals surface area contributed by atoms with Gasteiger partial charge < -0.3 is 14.4 Å². The number of unbranched alkanes of at least 4 members (excludes halogenated alkanes) is 4. The van der Waals surface area contributed by atoms with Crippen LogP contribution in [0.5, 0.6) is 0 Å². The highest BCUT2D eigenvalue weighted by Crippen LogP contribution is 2.06. The molecule has 0 N–H and O–H groups in total. The van der Waals surface area contributed by atoms with Crippen molar-refractivity contribution < 1.29 is 14.3 Å². The molecule has 0 unspecified atom stereocenters. The van der Waals surface area contributed by atoms with E-state index in [9.17, 15) is 4.79 Å². The van der Waals surface area contributed by atoms with Crippen LogP contribution in [0.2, 0.25) is 0 Å². The lowest BCUT2D eigenvalue weighted by atomic mass is 10.1. The second kappa shape index (κ2) is 10.9. The highest BCUT2D eigenvalue weighted by atomic mass is 16.7. The van der Waals surface area contributed by atoms with Gasteiger partial charge in [-0.05, 0) is 6.42 Å². The molecule has 0 aliphatic carbocycles. The Morgan fingerprint density at radius 3 is 2.50 bits per heavy atom. The van der Waals surface area contributed by atoms with Crippen LogP contribution in [0.15, 0.2) is 0 Å². The largest absolute Gasteiger partial charge is 0.359 e. The molecule has 0 spiro atoms.